The van der Waals surface area contributed by atoms with E-state index in [-0.39, 0.29) is 12.2 Å². The van der Waals surface area contributed by atoms with Crippen LogP contribution < -0.4 is 4.74 Å². The molecular formula is C12H17NO4. The Bertz CT molecular complexity index is 354. The van der Waals surface area contributed by atoms with Gasteiger partial charge in [-0.2, -0.15) is 0 Å². The predicted octanol–water partition coefficient (Wildman–Crippen LogP) is 1.71. The van der Waals surface area contributed by atoms with Crippen molar-refractivity contribution in [1.82, 2.24) is 4.98 Å². The molecule has 1 heterocycles. The molecule has 2 N–H and O–H groups in total. The van der Waals surface area contributed by atoms with Gasteiger partial charge in [0.1, 0.15) is 5.56 Å². The molecular weight excluding hydrogens is 222 g/mol. The van der Waals surface area contributed by atoms with Crippen LogP contribution in [0, 0.1) is 0 Å². The second-order valence-corrected chi connectivity index (χ2v) is 3.66. The van der Waals surface area contributed by atoms with Crippen LogP contribution in [0.25, 0.3) is 0 Å². The number of aromatic nitrogens is 1. The molecule has 1 rings (SSSR count). The number of carboxylic acids is 1. The first-order chi connectivity index (χ1) is 8.25. The molecule has 0 bridgehead atoms. The van der Waals surface area contributed by atoms with E-state index >= 15 is 0 Å². The van der Waals surface area contributed by atoms with Crippen molar-refractivity contribution in [2.75, 3.05) is 13.2 Å². The third-order valence-corrected chi connectivity index (χ3v) is 2.32. The van der Waals surface area contributed by atoms with Crippen LogP contribution in [0.1, 0.15) is 36.0 Å². The molecule has 0 unspecified atom stereocenters. The van der Waals surface area contributed by atoms with Gasteiger partial charge in [0.15, 0.2) is 5.75 Å². The number of carbonyl (C=O) groups is 1. The molecule has 0 saturated heterocycles. The number of pyridine rings is 1. The van der Waals surface area contributed by atoms with Crippen LogP contribution >= 0.6 is 0 Å². The van der Waals surface area contributed by atoms with Crippen LogP contribution in [0.15, 0.2) is 18.5 Å². The Morgan fingerprint density at radius 2 is 2.06 bits per heavy atom. The normalized spacial score (nSPS) is 10.2. The van der Waals surface area contributed by atoms with Crippen LogP contribution in [0.5, 0.6) is 5.75 Å². The molecule has 0 spiro atoms. The Kier molecular flexibility index (Phi) is 6.03. The van der Waals surface area contributed by atoms with E-state index in [0.29, 0.717) is 12.4 Å². The highest BCUT2D eigenvalue weighted by Crippen LogP contribution is 2.16. The van der Waals surface area contributed by atoms with Crippen LogP contribution in [0.4, 0.5) is 0 Å². The first-order valence-corrected chi connectivity index (χ1v) is 5.66. The third kappa shape index (κ3) is 4.82. The Balaban J connectivity index is 2.34. The number of rotatable bonds is 8. The number of aromatic carboxylic acids is 1. The summed E-state index contributed by atoms with van der Waals surface area (Å²) < 4.78 is 5.37. The van der Waals surface area contributed by atoms with Crippen molar-refractivity contribution in [1.29, 1.82) is 0 Å². The van der Waals surface area contributed by atoms with Gasteiger partial charge < -0.3 is 14.9 Å². The number of unbranched alkanes of at least 4 members (excludes halogenated alkanes) is 3. The van der Waals surface area contributed by atoms with Crippen molar-refractivity contribution in [2.45, 2.75) is 25.7 Å². The summed E-state index contributed by atoms with van der Waals surface area (Å²) >= 11 is 0. The number of nitrogens with zero attached hydrogens (tertiary/aromatic N) is 1. The maximum atomic E-state index is 10.9. The fraction of sp³-hybridized carbons (Fsp3) is 0.500. The maximum Gasteiger partial charge on any atom is 0.339 e. The lowest BCUT2D eigenvalue weighted by Crippen LogP contribution is -2.05. The average Bonchev–Trinajstić information content (AvgIpc) is 2.34. The van der Waals surface area contributed by atoms with Crippen LogP contribution in [0.3, 0.4) is 0 Å². The minimum Gasteiger partial charge on any atom is -0.491 e. The highest BCUT2D eigenvalue weighted by atomic mass is 16.5. The Hall–Kier alpha value is -1.62. The van der Waals surface area contributed by atoms with Crippen LogP contribution in [0.2, 0.25) is 0 Å². The molecule has 0 radical (unpaired) electrons. The van der Waals surface area contributed by atoms with Gasteiger partial charge in [0.25, 0.3) is 0 Å². The number of carboxylic acid groups (broad SMARTS) is 1. The van der Waals surface area contributed by atoms with Crippen molar-refractivity contribution >= 4 is 5.97 Å². The molecule has 0 aliphatic heterocycles. The second-order valence-electron chi connectivity index (χ2n) is 3.66. The first-order valence-electron chi connectivity index (χ1n) is 5.66. The number of hydrogen-bond donors (Lipinski definition) is 2. The Labute approximate surface area is 100 Å². The number of hydrogen-bond acceptors (Lipinski definition) is 4. The SMILES string of the molecule is O=C(O)c1ccncc1OCCCCCCO. The maximum absolute atomic E-state index is 10.9. The summed E-state index contributed by atoms with van der Waals surface area (Å²) in [5, 5.41) is 17.5. The molecule has 1 aromatic heterocycles. The van der Waals surface area contributed by atoms with Gasteiger partial charge in [-0.05, 0) is 25.3 Å². The van der Waals surface area contributed by atoms with Gasteiger partial charge in [-0.15, -0.1) is 0 Å². The van der Waals surface area contributed by atoms with Gasteiger partial charge >= 0.3 is 5.97 Å². The molecule has 5 heteroatoms. The topological polar surface area (TPSA) is 79.7 Å². The fourth-order valence-electron chi connectivity index (χ4n) is 1.42. The molecule has 1 aromatic rings. The van der Waals surface area contributed by atoms with Crippen LogP contribution in [-0.2, 0) is 0 Å². The minimum atomic E-state index is -1.01. The monoisotopic (exact) mass is 239 g/mol. The van der Waals surface area contributed by atoms with Crippen molar-refractivity contribution in [3.8, 4) is 5.75 Å². The van der Waals surface area contributed by atoms with E-state index in [9.17, 15) is 4.79 Å². The summed E-state index contributed by atoms with van der Waals surface area (Å²) in [7, 11) is 0. The van der Waals surface area contributed by atoms with E-state index in [1.165, 1.54) is 18.5 Å². The van der Waals surface area contributed by atoms with Crippen molar-refractivity contribution in [2.24, 2.45) is 0 Å². The highest BCUT2D eigenvalue weighted by molar-refractivity contribution is 5.90. The van der Waals surface area contributed by atoms with Crippen molar-refractivity contribution in [3.63, 3.8) is 0 Å². The smallest absolute Gasteiger partial charge is 0.339 e. The summed E-state index contributed by atoms with van der Waals surface area (Å²) in [6.45, 7) is 0.685. The molecule has 0 saturated carbocycles. The highest BCUT2D eigenvalue weighted by Gasteiger charge is 2.10. The number of ether oxygens (including phenoxy) is 1. The minimum absolute atomic E-state index is 0.135. The summed E-state index contributed by atoms with van der Waals surface area (Å²) in [5.74, 6) is -0.704. The van der Waals surface area contributed by atoms with Gasteiger partial charge in [-0.1, -0.05) is 6.42 Å². The Morgan fingerprint density at radius 3 is 2.76 bits per heavy atom. The second kappa shape index (κ2) is 7.62. The first kappa shape index (κ1) is 13.4. The Morgan fingerprint density at radius 1 is 1.29 bits per heavy atom. The van der Waals surface area contributed by atoms with Crippen molar-refractivity contribution in [3.05, 3.63) is 24.0 Å². The van der Waals surface area contributed by atoms with Gasteiger partial charge in [0, 0.05) is 12.8 Å². The fourth-order valence-corrected chi connectivity index (χ4v) is 1.42. The van der Waals surface area contributed by atoms with Gasteiger partial charge in [0.05, 0.1) is 12.8 Å². The molecule has 17 heavy (non-hydrogen) atoms. The summed E-state index contributed by atoms with van der Waals surface area (Å²) in [6, 6.07) is 1.42. The molecule has 0 aliphatic carbocycles. The van der Waals surface area contributed by atoms with E-state index in [1.54, 1.807) is 0 Å². The van der Waals surface area contributed by atoms with E-state index < -0.39 is 5.97 Å². The molecule has 0 aromatic carbocycles. The predicted molar refractivity (Wildman–Crippen MR) is 62.2 cm³/mol. The molecule has 0 amide bonds. The quantitative estimate of drug-likeness (QED) is 0.675. The third-order valence-electron chi connectivity index (χ3n) is 2.32. The van der Waals surface area contributed by atoms with Gasteiger partial charge in [0.2, 0.25) is 0 Å². The largest absolute Gasteiger partial charge is 0.491 e. The zero-order chi connectivity index (χ0) is 12.5. The van der Waals surface area contributed by atoms with Crippen LogP contribution in [-0.4, -0.2) is 34.4 Å². The lowest BCUT2D eigenvalue weighted by molar-refractivity contribution is 0.0692. The van der Waals surface area contributed by atoms with E-state index in [2.05, 4.69) is 4.98 Å². The standard InChI is InChI=1S/C12H17NO4/c14-7-3-1-2-4-8-17-11-9-13-6-5-10(11)12(15)16/h5-6,9,14H,1-4,7-8H2,(H,15,16). The van der Waals surface area contributed by atoms with Crippen molar-refractivity contribution < 1.29 is 19.7 Å². The van der Waals surface area contributed by atoms with E-state index in [1.807, 2.05) is 0 Å². The average molecular weight is 239 g/mol. The summed E-state index contributed by atoms with van der Waals surface area (Å²) in [6.07, 6.45) is 6.40. The zero-order valence-electron chi connectivity index (χ0n) is 9.63. The van der Waals surface area contributed by atoms with Gasteiger partial charge in [-0.3, -0.25) is 4.98 Å². The molecule has 0 fully saturated rings. The molecule has 0 atom stereocenters. The zero-order valence-corrected chi connectivity index (χ0v) is 9.63. The van der Waals surface area contributed by atoms with E-state index in [4.69, 9.17) is 14.9 Å². The van der Waals surface area contributed by atoms with E-state index in [0.717, 1.165) is 25.7 Å². The summed E-state index contributed by atoms with van der Waals surface area (Å²) in [5.41, 5.74) is 0.135. The lowest BCUT2D eigenvalue weighted by atomic mass is 10.2. The lowest BCUT2D eigenvalue weighted by Gasteiger charge is -2.07. The molecule has 0 aliphatic rings. The number of aliphatic hydroxyl groups is 1. The summed E-state index contributed by atoms with van der Waals surface area (Å²) in [4.78, 5) is 14.7. The number of aliphatic hydroxyl groups excluding tert-OH is 1. The molecule has 94 valence electrons. The molecule has 5 nitrogen and oxygen atoms in total. The van der Waals surface area contributed by atoms with Gasteiger partial charge in [-0.25, -0.2) is 4.79 Å².